The number of benzene rings is 1. The van der Waals surface area contributed by atoms with E-state index in [0.29, 0.717) is 16.4 Å². The summed E-state index contributed by atoms with van der Waals surface area (Å²) in [6, 6.07) is 6.25. The largest absolute Gasteiger partial charge is 0.355 e. The number of nitrogens with zero attached hydrogens (tertiary/aromatic N) is 2. The van der Waals surface area contributed by atoms with E-state index in [0.717, 1.165) is 11.4 Å². The van der Waals surface area contributed by atoms with Crippen LogP contribution in [-0.2, 0) is 14.4 Å². The van der Waals surface area contributed by atoms with Gasteiger partial charge in [0, 0.05) is 29.8 Å². The van der Waals surface area contributed by atoms with Crippen molar-refractivity contribution in [3.05, 3.63) is 40.7 Å². The van der Waals surface area contributed by atoms with Gasteiger partial charge >= 0.3 is 0 Å². The summed E-state index contributed by atoms with van der Waals surface area (Å²) in [6.45, 7) is 11.2. The summed E-state index contributed by atoms with van der Waals surface area (Å²) in [5.74, 6) is -0.613. The fraction of sp³-hybridized carbons (Fsp3) is 0.455. The predicted molar refractivity (Wildman–Crippen MR) is 122 cm³/mol. The number of aryl methyl sites for hydroxylation is 2. The van der Waals surface area contributed by atoms with Crippen molar-refractivity contribution in [3.63, 3.8) is 0 Å². The van der Waals surface area contributed by atoms with Crippen molar-refractivity contribution in [3.8, 4) is 0 Å². The molecule has 2 rings (SSSR count). The van der Waals surface area contributed by atoms with E-state index < -0.39 is 11.5 Å². The Morgan fingerprint density at radius 2 is 1.81 bits per heavy atom. The minimum atomic E-state index is -0.507. The van der Waals surface area contributed by atoms with Gasteiger partial charge in [0.25, 0.3) is 0 Å². The van der Waals surface area contributed by atoms with Crippen molar-refractivity contribution in [2.75, 3.05) is 17.2 Å². The van der Waals surface area contributed by atoms with Gasteiger partial charge in [0.05, 0.1) is 16.4 Å². The van der Waals surface area contributed by atoms with E-state index in [4.69, 9.17) is 11.6 Å². The minimum absolute atomic E-state index is 0.113. The van der Waals surface area contributed by atoms with Crippen molar-refractivity contribution in [1.82, 2.24) is 15.1 Å². The zero-order chi connectivity index (χ0) is 23.3. The quantitative estimate of drug-likeness (QED) is 0.599. The number of halogens is 1. The third kappa shape index (κ3) is 6.82. The second-order valence-corrected chi connectivity index (χ2v) is 8.94. The Morgan fingerprint density at radius 1 is 1.13 bits per heavy atom. The highest BCUT2D eigenvalue weighted by atomic mass is 35.5. The van der Waals surface area contributed by atoms with Crippen LogP contribution in [0.1, 0.15) is 51.5 Å². The van der Waals surface area contributed by atoms with Gasteiger partial charge in [-0.15, -0.1) is 0 Å². The third-order valence-corrected chi connectivity index (χ3v) is 4.93. The molecule has 0 saturated carbocycles. The molecular weight excluding hydrogens is 418 g/mol. The van der Waals surface area contributed by atoms with Crippen molar-refractivity contribution >= 4 is 40.7 Å². The molecule has 1 heterocycles. The van der Waals surface area contributed by atoms with Crippen LogP contribution in [-0.4, -0.2) is 34.0 Å². The van der Waals surface area contributed by atoms with Crippen molar-refractivity contribution in [2.45, 2.75) is 54.0 Å². The predicted octanol–water partition coefficient (Wildman–Crippen LogP) is 3.84. The maximum absolute atomic E-state index is 12.6. The van der Waals surface area contributed by atoms with Crippen LogP contribution in [0.5, 0.6) is 0 Å². The van der Waals surface area contributed by atoms with Crippen LogP contribution in [0.25, 0.3) is 0 Å². The number of aromatic nitrogens is 2. The lowest BCUT2D eigenvalue weighted by Crippen LogP contribution is -2.36. The number of hydrogen-bond donors (Lipinski definition) is 3. The van der Waals surface area contributed by atoms with Gasteiger partial charge in [-0.25, -0.2) is 0 Å². The normalized spacial score (nSPS) is 12.2. The molecule has 0 fully saturated rings. The lowest BCUT2D eigenvalue weighted by Gasteiger charge is -2.17. The van der Waals surface area contributed by atoms with Crippen LogP contribution < -0.4 is 16.0 Å². The van der Waals surface area contributed by atoms with Gasteiger partial charge in [0.15, 0.2) is 0 Å². The van der Waals surface area contributed by atoms with Crippen LogP contribution in [0.4, 0.5) is 11.4 Å². The number of hydrogen-bond acceptors (Lipinski definition) is 4. The zero-order valence-electron chi connectivity index (χ0n) is 18.8. The molecule has 3 N–H and O–H groups in total. The number of rotatable bonds is 7. The van der Waals surface area contributed by atoms with Crippen LogP contribution in [0.2, 0.25) is 5.02 Å². The fourth-order valence-electron chi connectivity index (χ4n) is 2.86. The summed E-state index contributed by atoms with van der Waals surface area (Å²) in [6.07, 6.45) is 0.137. The zero-order valence-corrected chi connectivity index (χ0v) is 19.6. The third-order valence-electron chi connectivity index (χ3n) is 4.62. The molecule has 8 nitrogen and oxygen atoms in total. The van der Waals surface area contributed by atoms with Gasteiger partial charge in [0.2, 0.25) is 17.7 Å². The molecule has 0 aliphatic carbocycles. The molecule has 0 aliphatic heterocycles. The molecule has 3 amide bonds. The van der Waals surface area contributed by atoms with Crippen molar-refractivity contribution in [2.24, 2.45) is 5.41 Å². The second kappa shape index (κ2) is 9.96. The van der Waals surface area contributed by atoms with E-state index in [1.807, 2.05) is 40.7 Å². The number of carbonyl (C=O) groups excluding carboxylic acids is 3. The Morgan fingerprint density at radius 3 is 2.35 bits per heavy atom. The van der Waals surface area contributed by atoms with Crippen molar-refractivity contribution < 1.29 is 14.4 Å². The molecule has 1 atom stereocenters. The number of anilines is 2. The average Bonchev–Trinajstić information content (AvgIpc) is 3.00. The first kappa shape index (κ1) is 24.4. The van der Waals surface area contributed by atoms with E-state index in [2.05, 4.69) is 21.0 Å². The second-order valence-electron chi connectivity index (χ2n) is 8.54. The van der Waals surface area contributed by atoms with Crippen LogP contribution >= 0.6 is 11.6 Å². The van der Waals surface area contributed by atoms with E-state index in [1.165, 1.54) is 0 Å². The molecule has 0 bridgehead atoms. The SMILES string of the molecule is Cc1cc(C)n([C@H](C)C(=O)Nc2ccc(NC(=O)CCNC(=O)C(C)(C)C)cc2Cl)n1. The molecule has 0 saturated heterocycles. The summed E-state index contributed by atoms with van der Waals surface area (Å²) in [4.78, 5) is 36.5. The summed E-state index contributed by atoms with van der Waals surface area (Å²) < 4.78 is 1.66. The average molecular weight is 448 g/mol. The van der Waals surface area contributed by atoms with Gasteiger partial charge in [-0.3, -0.25) is 19.1 Å². The fourth-order valence-corrected chi connectivity index (χ4v) is 3.09. The lowest BCUT2D eigenvalue weighted by atomic mass is 9.96. The van der Waals surface area contributed by atoms with Gasteiger partial charge in [-0.2, -0.15) is 5.10 Å². The molecule has 31 heavy (non-hydrogen) atoms. The van der Waals surface area contributed by atoms with E-state index in [9.17, 15) is 14.4 Å². The Balaban J connectivity index is 1.92. The first-order valence-electron chi connectivity index (χ1n) is 10.1. The van der Waals surface area contributed by atoms with Gasteiger partial charge in [-0.1, -0.05) is 32.4 Å². The highest BCUT2D eigenvalue weighted by Gasteiger charge is 2.21. The van der Waals surface area contributed by atoms with Crippen LogP contribution in [0.3, 0.4) is 0 Å². The summed E-state index contributed by atoms with van der Waals surface area (Å²) in [5.41, 5.74) is 2.17. The maximum atomic E-state index is 12.6. The first-order valence-corrected chi connectivity index (χ1v) is 10.5. The molecule has 0 aliphatic rings. The Bertz CT molecular complexity index is 978. The smallest absolute Gasteiger partial charge is 0.248 e. The Labute approximate surface area is 187 Å². The summed E-state index contributed by atoms with van der Waals surface area (Å²) in [5, 5.41) is 12.9. The highest BCUT2D eigenvalue weighted by molar-refractivity contribution is 6.34. The Hall–Kier alpha value is -2.87. The topological polar surface area (TPSA) is 105 Å². The van der Waals surface area contributed by atoms with Gasteiger partial charge < -0.3 is 16.0 Å². The monoisotopic (exact) mass is 447 g/mol. The molecule has 0 radical (unpaired) electrons. The lowest BCUT2D eigenvalue weighted by molar-refractivity contribution is -0.128. The maximum Gasteiger partial charge on any atom is 0.248 e. The highest BCUT2D eigenvalue weighted by Crippen LogP contribution is 2.26. The van der Waals surface area contributed by atoms with Gasteiger partial charge in [-0.05, 0) is 45.0 Å². The molecular formula is C22H30ClN5O3. The molecule has 2 aromatic rings. The molecule has 0 spiro atoms. The van der Waals surface area contributed by atoms with E-state index >= 15 is 0 Å². The van der Waals surface area contributed by atoms with E-state index in [1.54, 1.807) is 29.8 Å². The summed E-state index contributed by atoms with van der Waals surface area (Å²) in [7, 11) is 0. The molecule has 1 aromatic heterocycles. The number of carbonyl (C=O) groups is 3. The molecule has 1 aromatic carbocycles. The van der Waals surface area contributed by atoms with Crippen LogP contribution in [0, 0.1) is 19.3 Å². The molecule has 9 heteroatoms. The van der Waals surface area contributed by atoms with Crippen molar-refractivity contribution in [1.29, 1.82) is 0 Å². The minimum Gasteiger partial charge on any atom is -0.355 e. The van der Waals surface area contributed by atoms with Gasteiger partial charge in [0.1, 0.15) is 6.04 Å². The number of nitrogens with one attached hydrogen (secondary N) is 3. The van der Waals surface area contributed by atoms with Crippen LogP contribution in [0.15, 0.2) is 24.3 Å². The first-order chi connectivity index (χ1) is 14.4. The van der Waals surface area contributed by atoms with E-state index in [-0.39, 0.29) is 30.7 Å². The Kier molecular flexibility index (Phi) is 7.84. The standard InChI is InChI=1S/C22H30ClN5O3/c1-13-11-14(2)28(27-13)15(3)20(30)26-18-8-7-16(12-17(18)23)25-19(29)9-10-24-21(31)22(4,5)6/h7-8,11-12,15H,9-10H2,1-6H3,(H,24,31)(H,25,29)(H,26,30)/t15-/m1/s1. The molecule has 0 unspecified atom stereocenters. The number of amides is 3. The summed E-state index contributed by atoms with van der Waals surface area (Å²) >= 11 is 6.29. The molecule has 168 valence electrons.